The Balaban J connectivity index is 2.31. The summed E-state index contributed by atoms with van der Waals surface area (Å²) in [6.45, 7) is 0. The van der Waals surface area contributed by atoms with Gasteiger partial charge in [0.2, 0.25) is 5.78 Å². The zero-order valence-corrected chi connectivity index (χ0v) is 8.90. The fourth-order valence-corrected chi connectivity index (χ4v) is 1.40. The Morgan fingerprint density at radius 3 is 2.12 bits per heavy atom. The normalized spacial score (nSPS) is 10.1. The molecule has 0 spiro atoms. The van der Waals surface area contributed by atoms with Crippen LogP contribution in [0.4, 0.5) is 0 Å². The average molecular weight is 235 g/mol. The van der Waals surface area contributed by atoms with Gasteiger partial charge in [0.1, 0.15) is 0 Å². The van der Waals surface area contributed by atoms with Crippen molar-refractivity contribution in [1.82, 2.24) is 0 Å². The third kappa shape index (κ3) is 2.04. The summed E-state index contributed by atoms with van der Waals surface area (Å²) in [6, 6.07) is 11.5. The number of hydrogen-bond donors (Lipinski definition) is 0. The summed E-state index contributed by atoms with van der Waals surface area (Å²) in [5.41, 5.74) is 0.505. The van der Waals surface area contributed by atoms with E-state index in [-0.39, 0.29) is 17.3 Å². The first-order chi connectivity index (χ1) is 7.68. The van der Waals surface area contributed by atoms with Gasteiger partial charge >= 0.3 is 0 Å². The van der Waals surface area contributed by atoms with Crippen LogP contribution in [0.1, 0.15) is 26.7 Å². The Bertz CT molecular complexity index is 528. The van der Waals surface area contributed by atoms with Crippen molar-refractivity contribution in [1.29, 1.82) is 0 Å². The van der Waals surface area contributed by atoms with Crippen LogP contribution in [0.25, 0.3) is 0 Å². The predicted octanol–water partition coefficient (Wildman–Crippen LogP) is 2.89. The highest BCUT2D eigenvalue weighted by molar-refractivity contribution is 6.67. The number of hydrogen-bond acceptors (Lipinski definition) is 3. The second kappa shape index (κ2) is 4.33. The van der Waals surface area contributed by atoms with Crippen molar-refractivity contribution in [2.24, 2.45) is 0 Å². The van der Waals surface area contributed by atoms with Crippen molar-refractivity contribution in [3.63, 3.8) is 0 Å². The minimum Gasteiger partial charge on any atom is -0.448 e. The van der Waals surface area contributed by atoms with E-state index >= 15 is 0 Å². The molecular formula is C12H7ClO3. The molecule has 0 atom stereocenters. The number of carbonyl (C=O) groups excluding carboxylic acids is 2. The molecule has 0 saturated heterocycles. The van der Waals surface area contributed by atoms with Crippen LogP contribution < -0.4 is 0 Å². The van der Waals surface area contributed by atoms with Crippen molar-refractivity contribution in [2.45, 2.75) is 0 Å². The van der Waals surface area contributed by atoms with E-state index in [1.807, 2.05) is 6.07 Å². The zero-order chi connectivity index (χ0) is 11.5. The van der Waals surface area contributed by atoms with Gasteiger partial charge < -0.3 is 4.42 Å². The predicted molar refractivity (Wildman–Crippen MR) is 58.8 cm³/mol. The molecule has 4 heteroatoms. The van der Waals surface area contributed by atoms with Gasteiger partial charge in [-0.1, -0.05) is 30.3 Å². The number of halogens is 1. The molecule has 0 fully saturated rings. The van der Waals surface area contributed by atoms with Crippen LogP contribution in [-0.2, 0) is 0 Å². The van der Waals surface area contributed by atoms with Crippen LogP contribution in [0.15, 0.2) is 46.9 Å². The molecule has 0 aliphatic carbocycles. The van der Waals surface area contributed by atoms with Gasteiger partial charge in [-0.05, 0) is 23.7 Å². The first-order valence-corrected chi connectivity index (χ1v) is 4.95. The van der Waals surface area contributed by atoms with Crippen molar-refractivity contribution >= 4 is 22.6 Å². The van der Waals surface area contributed by atoms with Crippen LogP contribution >= 0.6 is 11.6 Å². The lowest BCUT2D eigenvalue weighted by atomic mass is 10.1. The molecule has 0 unspecified atom stereocenters. The number of carbonyl (C=O) groups is 2. The van der Waals surface area contributed by atoms with Gasteiger partial charge in [0.25, 0.3) is 5.24 Å². The van der Waals surface area contributed by atoms with Crippen molar-refractivity contribution in [3.8, 4) is 0 Å². The Morgan fingerprint density at radius 1 is 0.938 bits per heavy atom. The lowest BCUT2D eigenvalue weighted by Gasteiger charge is -1.95. The summed E-state index contributed by atoms with van der Waals surface area (Å²) in [6.07, 6.45) is 0. The minimum absolute atomic E-state index is 0.0269. The highest BCUT2D eigenvalue weighted by Gasteiger charge is 2.15. The second-order valence-corrected chi connectivity index (χ2v) is 3.48. The highest BCUT2D eigenvalue weighted by atomic mass is 35.5. The maximum atomic E-state index is 11.8. The van der Waals surface area contributed by atoms with E-state index in [1.54, 1.807) is 24.3 Å². The van der Waals surface area contributed by atoms with E-state index < -0.39 is 5.24 Å². The summed E-state index contributed by atoms with van der Waals surface area (Å²) in [5, 5.41) is -0.716. The highest BCUT2D eigenvalue weighted by Crippen LogP contribution is 2.14. The molecule has 0 aliphatic rings. The van der Waals surface area contributed by atoms with Gasteiger partial charge in [0, 0.05) is 5.56 Å². The van der Waals surface area contributed by atoms with Gasteiger partial charge in [-0.2, -0.15) is 0 Å². The molecule has 1 aromatic carbocycles. The maximum absolute atomic E-state index is 11.8. The van der Waals surface area contributed by atoms with E-state index in [9.17, 15) is 9.59 Å². The minimum atomic E-state index is -0.716. The summed E-state index contributed by atoms with van der Waals surface area (Å²) >= 11 is 5.22. The van der Waals surface area contributed by atoms with Gasteiger partial charge in [-0.15, -0.1) is 0 Å². The van der Waals surface area contributed by atoms with Crippen molar-refractivity contribution in [2.75, 3.05) is 0 Å². The van der Waals surface area contributed by atoms with Crippen molar-refractivity contribution in [3.05, 3.63) is 59.5 Å². The molecule has 1 aromatic heterocycles. The Morgan fingerprint density at radius 2 is 1.56 bits per heavy atom. The Hall–Kier alpha value is -1.87. The summed E-state index contributed by atoms with van der Waals surface area (Å²) < 4.78 is 5.03. The van der Waals surface area contributed by atoms with Gasteiger partial charge in [0.15, 0.2) is 11.5 Å². The third-order valence-electron chi connectivity index (χ3n) is 2.06. The molecule has 80 valence electrons. The van der Waals surface area contributed by atoms with Gasteiger partial charge in [-0.3, -0.25) is 9.59 Å². The van der Waals surface area contributed by atoms with Crippen molar-refractivity contribution < 1.29 is 14.0 Å². The van der Waals surface area contributed by atoms with Crippen LogP contribution in [0.2, 0.25) is 0 Å². The maximum Gasteiger partial charge on any atom is 0.287 e. The third-order valence-corrected chi connectivity index (χ3v) is 2.25. The van der Waals surface area contributed by atoms with E-state index in [0.29, 0.717) is 5.56 Å². The molecule has 0 aliphatic heterocycles. The number of ketones is 1. The molecule has 2 rings (SSSR count). The standard InChI is InChI=1S/C12H7ClO3/c13-12(15)10-7-6-9(16-10)11(14)8-4-2-1-3-5-8/h1-7H. The SMILES string of the molecule is O=C(Cl)c1ccc(C(=O)c2ccccc2)o1. The number of rotatable bonds is 3. The molecule has 16 heavy (non-hydrogen) atoms. The van der Waals surface area contributed by atoms with E-state index in [4.69, 9.17) is 16.0 Å². The van der Waals surface area contributed by atoms with Crippen LogP contribution in [0, 0.1) is 0 Å². The quantitative estimate of drug-likeness (QED) is 0.606. The van der Waals surface area contributed by atoms with Gasteiger partial charge in [-0.25, -0.2) is 0 Å². The zero-order valence-electron chi connectivity index (χ0n) is 8.14. The smallest absolute Gasteiger partial charge is 0.287 e. The topological polar surface area (TPSA) is 47.3 Å². The molecular weight excluding hydrogens is 228 g/mol. The monoisotopic (exact) mass is 234 g/mol. The molecule has 2 aromatic rings. The van der Waals surface area contributed by atoms with E-state index in [1.165, 1.54) is 12.1 Å². The number of benzene rings is 1. The Labute approximate surface area is 96.6 Å². The first kappa shape index (κ1) is 10.6. The molecule has 0 amide bonds. The lowest BCUT2D eigenvalue weighted by molar-refractivity contribution is 0.1000. The first-order valence-electron chi connectivity index (χ1n) is 4.58. The van der Waals surface area contributed by atoms with Crippen LogP contribution in [-0.4, -0.2) is 11.0 Å². The van der Waals surface area contributed by atoms with E-state index in [2.05, 4.69) is 0 Å². The molecule has 3 nitrogen and oxygen atoms in total. The van der Waals surface area contributed by atoms with Gasteiger partial charge in [0.05, 0.1) is 0 Å². The summed E-state index contributed by atoms with van der Waals surface area (Å²) in [7, 11) is 0. The molecule has 0 N–H and O–H groups in total. The fourth-order valence-electron chi connectivity index (χ4n) is 1.30. The Kier molecular flexibility index (Phi) is 2.88. The lowest BCUT2D eigenvalue weighted by Crippen LogP contribution is -1.98. The van der Waals surface area contributed by atoms with Crippen LogP contribution in [0.3, 0.4) is 0 Å². The molecule has 1 heterocycles. The average Bonchev–Trinajstić information content (AvgIpc) is 2.78. The molecule has 0 saturated carbocycles. The molecule has 0 bridgehead atoms. The van der Waals surface area contributed by atoms with Crippen LogP contribution in [0.5, 0.6) is 0 Å². The second-order valence-electron chi connectivity index (χ2n) is 3.13. The molecule has 0 radical (unpaired) electrons. The largest absolute Gasteiger partial charge is 0.448 e. The van der Waals surface area contributed by atoms with E-state index in [0.717, 1.165) is 0 Å². The summed E-state index contributed by atoms with van der Waals surface area (Å²) in [5.74, 6) is -0.194. The number of furan rings is 1. The summed E-state index contributed by atoms with van der Waals surface area (Å²) in [4.78, 5) is 22.6. The fraction of sp³-hybridized carbons (Fsp3) is 0.